The molecule has 1 atom stereocenters. The average molecular weight is 365 g/mol. The van der Waals surface area contributed by atoms with Gasteiger partial charge in [-0.2, -0.15) is 0 Å². The number of amides is 1. The van der Waals surface area contributed by atoms with E-state index in [0.29, 0.717) is 9.13 Å². The highest BCUT2D eigenvalue weighted by Crippen LogP contribution is 2.14. The molecule has 0 aliphatic heterocycles. The summed E-state index contributed by atoms with van der Waals surface area (Å²) in [6.45, 7) is 2.02. The number of hydrogen-bond acceptors (Lipinski definition) is 2. The van der Waals surface area contributed by atoms with E-state index in [0.717, 1.165) is 0 Å². The highest BCUT2D eigenvalue weighted by atomic mass is 127. The molecule has 0 aliphatic carbocycles. The summed E-state index contributed by atoms with van der Waals surface area (Å²) < 4.78 is 13.4. The van der Waals surface area contributed by atoms with Gasteiger partial charge in [0.1, 0.15) is 5.82 Å². The molecule has 1 rings (SSSR count). The van der Waals surface area contributed by atoms with Crippen LogP contribution in [0.15, 0.2) is 18.2 Å². The molecule has 0 bridgehead atoms. The number of aliphatic carboxylic acids is 1. The first-order chi connectivity index (χ1) is 8.40. The molecule has 0 saturated heterocycles. The lowest BCUT2D eigenvalue weighted by Crippen LogP contribution is -2.29. The SMILES string of the molecule is CC(CNC(=O)c1ccc(F)cc1I)CC(=O)O. The monoisotopic (exact) mass is 365 g/mol. The van der Waals surface area contributed by atoms with Crippen LogP contribution in [0.4, 0.5) is 4.39 Å². The van der Waals surface area contributed by atoms with Crippen molar-refractivity contribution in [3.63, 3.8) is 0 Å². The van der Waals surface area contributed by atoms with E-state index in [2.05, 4.69) is 5.32 Å². The van der Waals surface area contributed by atoms with Crippen LogP contribution in [-0.2, 0) is 4.79 Å². The molecule has 1 unspecified atom stereocenters. The molecule has 0 aliphatic rings. The maximum Gasteiger partial charge on any atom is 0.303 e. The molecule has 0 aromatic heterocycles. The third-order valence-electron chi connectivity index (χ3n) is 2.31. The Balaban J connectivity index is 2.58. The van der Waals surface area contributed by atoms with E-state index in [4.69, 9.17) is 5.11 Å². The Morgan fingerprint density at radius 3 is 2.72 bits per heavy atom. The number of benzene rings is 1. The topological polar surface area (TPSA) is 66.4 Å². The number of rotatable bonds is 5. The normalized spacial score (nSPS) is 11.9. The van der Waals surface area contributed by atoms with Gasteiger partial charge in [0, 0.05) is 16.5 Å². The number of hydrogen-bond donors (Lipinski definition) is 2. The predicted molar refractivity (Wildman–Crippen MR) is 72.9 cm³/mol. The van der Waals surface area contributed by atoms with Crippen LogP contribution in [0.25, 0.3) is 0 Å². The molecule has 0 heterocycles. The fourth-order valence-corrected chi connectivity index (χ4v) is 2.13. The molecule has 0 saturated carbocycles. The maximum absolute atomic E-state index is 12.9. The fourth-order valence-electron chi connectivity index (χ4n) is 1.41. The predicted octanol–water partition coefficient (Wildman–Crippen LogP) is 2.27. The van der Waals surface area contributed by atoms with E-state index >= 15 is 0 Å². The van der Waals surface area contributed by atoms with Gasteiger partial charge in [-0.05, 0) is 46.7 Å². The minimum Gasteiger partial charge on any atom is -0.481 e. The third kappa shape index (κ3) is 4.59. The smallest absolute Gasteiger partial charge is 0.303 e. The molecule has 6 heteroatoms. The van der Waals surface area contributed by atoms with Crippen LogP contribution in [-0.4, -0.2) is 23.5 Å². The lowest BCUT2D eigenvalue weighted by molar-refractivity contribution is -0.137. The highest BCUT2D eigenvalue weighted by molar-refractivity contribution is 14.1. The Bertz CT molecular complexity index is 465. The number of carboxylic acids is 1. The van der Waals surface area contributed by atoms with Crippen LogP contribution in [0.1, 0.15) is 23.7 Å². The van der Waals surface area contributed by atoms with Gasteiger partial charge in [0.15, 0.2) is 0 Å². The lowest BCUT2D eigenvalue weighted by Gasteiger charge is -2.11. The highest BCUT2D eigenvalue weighted by Gasteiger charge is 2.13. The number of carboxylic acid groups (broad SMARTS) is 1. The van der Waals surface area contributed by atoms with E-state index < -0.39 is 11.8 Å². The quantitative estimate of drug-likeness (QED) is 0.787. The molecule has 1 aromatic rings. The van der Waals surface area contributed by atoms with Crippen LogP contribution in [0.3, 0.4) is 0 Å². The van der Waals surface area contributed by atoms with Crippen molar-refractivity contribution in [2.24, 2.45) is 5.92 Å². The summed E-state index contributed by atoms with van der Waals surface area (Å²) in [7, 11) is 0. The molecule has 1 aromatic carbocycles. The van der Waals surface area contributed by atoms with E-state index in [1.165, 1.54) is 18.2 Å². The Morgan fingerprint density at radius 1 is 1.50 bits per heavy atom. The average Bonchev–Trinajstić information content (AvgIpc) is 2.25. The summed E-state index contributed by atoms with van der Waals surface area (Å²) in [5.74, 6) is -1.76. The van der Waals surface area contributed by atoms with Gasteiger partial charge in [-0.1, -0.05) is 6.92 Å². The first-order valence-corrected chi connectivity index (χ1v) is 6.43. The van der Waals surface area contributed by atoms with Crippen LogP contribution in [0, 0.1) is 15.3 Å². The first kappa shape index (κ1) is 14.9. The second-order valence-corrected chi connectivity index (χ2v) is 5.20. The maximum atomic E-state index is 12.9. The Morgan fingerprint density at radius 2 is 2.17 bits per heavy atom. The van der Waals surface area contributed by atoms with Crippen LogP contribution < -0.4 is 5.32 Å². The number of nitrogens with one attached hydrogen (secondary N) is 1. The van der Waals surface area contributed by atoms with Crippen LogP contribution in [0.5, 0.6) is 0 Å². The van der Waals surface area contributed by atoms with Gasteiger partial charge in [0.05, 0.1) is 5.56 Å². The van der Waals surface area contributed by atoms with E-state index in [1.807, 2.05) is 22.6 Å². The van der Waals surface area contributed by atoms with Gasteiger partial charge in [-0.3, -0.25) is 9.59 Å². The van der Waals surface area contributed by atoms with Crippen molar-refractivity contribution in [2.75, 3.05) is 6.54 Å². The zero-order valence-electron chi connectivity index (χ0n) is 9.74. The van der Waals surface area contributed by atoms with Crippen LogP contribution >= 0.6 is 22.6 Å². The Labute approximate surface area is 118 Å². The third-order valence-corrected chi connectivity index (χ3v) is 3.20. The molecule has 0 fully saturated rings. The van der Waals surface area contributed by atoms with Gasteiger partial charge < -0.3 is 10.4 Å². The number of carbonyl (C=O) groups is 2. The van der Waals surface area contributed by atoms with Crippen molar-refractivity contribution < 1.29 is 19.1 Å². The lowest BCUT2D eigenvalue weighted by atomic mass is 10.1. The van der Waals surface area contributed by atoms with Crippen LogP contribution in [0.2, 0.25) is 0 Å². The van der Waals surface area contributed by atoms with E-state index in [9.17, 15) is 14.0 Å². The summed E-state index contributed by atoms with van der Waals surface area (Å²) in [6.07, 6.45) is 0.000784. The Kier molecular flexibility index (Phi) is 5.52. The molecule has 4 nitrogen and oxygen atoms in total. The minimum atomic E-state index is -0.895. The molecular weight excluding hydrogens is 352 g/mol. The van der Waals surface area contributed by atoms with Crippen molar-refractivity contribution in [3.8, 4) is 0 Å². The molecule has 18 heavy (non-hydrogen) atoms. The van der Waals surface area contributed by atoms with E-state index in [1.54, 1.807) is 6.92 Å². The van der Waals surface area contributed by atoms with Crippen molar-refractivity contribution in [1.82, 2.24) is 5.32 Å². The molecule has 2 N–H and O–H groups in total. The molecule has 0 radical (unpaired) electrons. The largest absolute Gasteiger partial charge is 0.481 e. The van der Waals surface area contributed by atoms with Crippen molar-refractivity contribution in [2.45, 2.75) is 13.3 Å². The van der Waals surface area contributed by atoms with Crippen molar-refractivity contribution in [1.29, 1.82) is 0 Å². The van der Waals surface area contributed by atoms with E-state index in [-0.39, 0.29) is 24.8 Å². The zero-order chi connectivity index (χ0) is 13.7. The van der Waals surface area contributed by atoms with Crippen molar-refractivity contribution >= 4 is 34.5 Å². The molecule has 98 valence electrons. The van der Waals surface area contributed by atoms with Gasteiger partial charge in [-0.25, -0.2) is 4.39 Å². The minimum absolute atomic E-state index is 0.000784. The zero-order valence-corrected chi connectivity index (χ0v) is 11.9. The number of carbonyl (C=O) groups excluding carboxylic acids is 1. The second kappa shape index (κ2) is 6.67. The second-order valence-electron chi connectivity index (χ2n) is 4.04. The molecule has 0 spiro atoms. The summed E-state index contributed by atoms with van der Waals surface area (Å²) in [5.41, 5.74) is 0.388. The summed E-state index contributed by atoms with van der Waals surface area (Å²) in [4.78, 5) is 22.2. The van der Waals surface area contributed by atoms with Gasteiger partial charge in [0.25, 0.3) is 5.91 Å². The summed E-state index contributed by atoms with van der Waals surface area (Å²) >= 11 is 1.88. The standard InChI is InChI=1S/C12H13FINO3/c1-7(4-11(16)17)6-15-12(18)9-3-2-8(13)5-10(9)14/h2-3,5,7H,4,6H2,1H3,(H,15,18)(H,16,17). The van der Waals surface area contributed by atoms with Crippen molar-refractivity contribution in [3.05, 3.63) is 33.1 Å². The van der Waals surface area contributed by atoms with Gasteiger partial charge >= 0.3 is 5.97 Å². The first-order valence-electron chi connectivity index (χ1n) is 5.35. The number of halogens is 2. The van der Waals surface area contributed by atoms with Gasteiger partial charge in [0.2, 0.25) is 0 Å². The molecule has 1 amide bonds. The Hall–Kier alpha value is -1.18. The summed E-state index contributed by atoms with van der Waals surface area (Å²) in [5, 5.41) is 11.2. The van der Waals surface area contributed by atoms with Gasteiger partial charge in [-0.15, -0.1) is 0 Å². The summed E-state index contributed by atoms with van der Waals surface area (Å²) in [6, 6.07) is 3.90. The molecular formula is C12H13FINO3. The fraction of sp³-hybridized carbons (Fsp3) is 0.333.